The zero-order valence-corrected chi connectivity index (χ0v) is 17.0. The molecule has 1 heterocycles. The van der Waals surface area contributed by atoms with E-state index in [1.165, 1.54) is 0 Å². The molecule has 1 saturated heterocycles. The molecular weight excluding hydrogens is 384 g/mol. The van der Waals surface area contributed by atoms with Crippen molar-refractivity contribution in [1.82, 2.24) is 9.80 Å². The quantitative estimate of drug-likeness (QED) is 0.749. The van der Waals surface area contributed by atoms with Gasteiger partial charge in [-0.2, -0.15) is 0 Å². The largest absolute Gasteiger partial charge is 0.444 e. The van der Waals surface area contributed by atoms with E-state index in [2.05, 4.69) is 15.9 Å². The first kappa shape index (κ1) is 19.8. The summed E-state index contributed by atoms with van der Waals surface area (Å²) in [6.07, 6.45) is 2.13. The Balaban J connectivity index is 2.05. The number of nitrogens with zero attached hydrogens (tertiary/aromatic N) is 2. The van der Waals surface area contributed by atoms with Crippen molar-refractivity contribution >= 4 is 27.9 Å². The highest BCUT2D eigenvalue weighted by Gasteiger charge is 2.36. The predicted molar refractivity (Wildman–Crippen MR) is 101 cm³/mol. The van der Waals surface area contributed by atoms with Crippen molar-refractivity contribution < 1.29 is 14.3 Å². The van der Waals surface area contributed by atoms with Crippen LogP contribution in [0.1, 0.15) is 45.6 Å². The summed E-state index contributed by atoms with van der Waals surface area (Å²) in [7, 11) is 1.78. The normalized spacial score (nSPS) is 18.0. The molecule has 0 N–H and O–H groups in total. The SMILES string of the molecule is CN(Cc1ccc(Br)cc1)C(=O)[C@H]1CCCCN1C(=O)OC(C)(C)C. The van der Waals surface area contributed by atoms with Crippen LogP contribution in [0.5, 0.6) is 0 Å². The van der Waals surface area contributed by atoms with Gasteiger partial charge in [-0.3, -0.25) is 9.69 Å². The predicted octanol–water partition coefficient (Wildman–Crippen LogP) is 4.20. The third kappa shape index (κ3) is 5.73. The number of rotatable bonds is 3. The van der Waals surface area contributed by atoms with Crippen molar-refractivity contribution in [3.05, 3.63) is 34.3 Å². The summed E-state index contributed by atoms with van der Waals surface area (Å²) in [4.78, 5) is 28.7. The lowest BCUT2D eigenvalue weighted by atomic mass is 10.0. The van der Waals surface area contributed by atoms with E-state index in [1.807, 2.05) is 45.0 Å². The van der Waals surface area contributed by atoms with Crippen molar-refractivity contribution in [2.45, 2.75) is 58.2 Å². The van der Waals surface area contributed by atoms with Gasteiger partial charge >= 0.3 is 6.09 Å². The molecule has 1 aromatic carbocycles. The monoisotopic (exact) mass is 410 g/mol. The lowest BCUT2D eigenvalue weighted by Crippen LogP contribution is -2.53. The summed E-state index contributed by atoms with van der Waals surface area (Å²) in [5, 5.41) is 0. The first-order valence-electron chi connectivity index (χ1n) is 8.66. The minimum absolute atomic E-state index is 0.0338. The van der Waals surface area contributed by atoms with Crippen LogP contribution in [0.4, 0.5) is 4.79 Å². The average Bonchev–Trinajstić information content (AvgIpc) is 2.54. The van der Waals surface area contributed by atoms with Gasteiger partial charge < -0.3 is 9.64 Å². The Labute approximate surface area is 158 Å². The van der Waals surface area contributed by atoms with Gasteiger partial charge in [0.2, 0.25) is 5.91 Å². The number of piperidine rings is 1. The molecule has 1 fully saturated rings. The molecule has 1 aromatic rings. The molecule has 2 amide bonds. The van der Waals surface area contributed by atoms with Crippen molar-refractivity contribution in [3.8, 4) is 0 Å². The fourth-order valence-corrected chi connectivity index (χ4v) is 3.19. The van der Waals surface area contributed by atoms with E-state index < -0.39 is 17.7 Å². The van der Waals surface area contributed by atoms with Gasteiger partial charge in [0.15, 0.2) is 0 Å². The Morgan fingerprint density at radius 1 is 1.24 bits per heavy atom. The number of hydrogen-bond donors (Lipinski definition) is 0. The molecule has 0 aromatic heterocycles. The average molecular weight is 411 g/mol. The van der Waals surface area contributed by atoms with Gasteiger partial charge in [-0.1, -0.05) is 28.1 Å². The van der Waals surface area contributed by atoms with Gasteiger partial charge in [0.25, 0.3) is 0 Å². The molecule has 5 nitrogen and oxygen atoms in total. The molecule has 6 heteroatoms. The minimum Gasteiger partial charge on any atom is -0.444 e. The molecule has 1 atom stereocenters. The summed E-state index contributed by atoms with van der Waals surface area (Å²) in [6, 6.07) is 7.45. The summed E-state index contributed by atoms with van der Waals surface area (Å²) < 4.78 is 6.49. The van der Waals surface area contributed by atoms with E-state index in [-0.39, 0.29) is 5.91 Å². The van der Waals surface area contributed by atoms with E-state index in [1.54, 1.807) is 16.8 Å². The Morgan fingerprint density at radius 2 is 1.88 bits per heavy atom. The number of benzene rings is 1. The summed E-state index contributed by atoms with van der Waals surface area (Å²) >= 11 is 3.41. The highest BCUT2D eigenvalue weighted by atomic mass is 79.9. The molecule has 0 spiro atoms. The van der Waals surface area contributed by atoms with E-state index in [0.29, 0.717) is 19.5 Å². The highest BCUT2D eigenvalue weighted by Crippen LogP contribution is 2.22. The molecule has 0 unspecified atom stereocenters. The maximum Gasteiger partial charge on any atom is 0.410 e. The van der Waals surface area contributed by atoms with Crippen LogP contribution in [0.3, 0.4) is 0 Å². The van der Waals surface area contributed by atoms with Crippen LogP contribution in [0, 0.1) is 0 Å². The molecular formula is C19H27BrN2O3. The number of amides is 2. The van der Waals surface area contributed by atoms with E-state index in [9.17, 15) is 9.59 Å². The summed E-state index contributed by atoms with van der Waals surface area (Å²) in [5.74, 6) is -0.0338. The maximum absolute atomic E-state index is 12.9. The van der Waals surface area contributed by atoms with Gasteiger partial charge in [-0.05, 0) is 57.7 Å². The van der Waals surface area contributed by atoms with E-state index in [0.717, 1.165) is 22.9 Å². The third-order valence-electron chi connectivity index (χ3n) is 4.13. The van der Waals surface area contributed by atoms with Crippen molar-refractivity contribution in [2.75, 3.05) is 13.6 Å². The second-order valence-corrected chi connectivity index (χ2v) is 8.42. The Kier molecular flexibility index (Phi) is 6.49. The molecule has 0 saturated carbocycles. The Morgan fingerprint density at radius 3 is 2.48 bits per heavy atom. The number of carbonyl (C=O) groups excluding carboxylic acids is 2. The minimum atomic E-state index is -0.564. The van der Waals surface area contributed by atoms with Crippen molar-refractivity contribution in [1.29, 1.82) is 0 Å². The number of halogens is 1. The summed E-state index contributed by atoms with van der Waals surface area (Å²) in [6.45, 7) is 6.60. The number of ether oxygens (including phenoxy) is 1. The van der Waals surface area contributed by atoms with E-state index in [4.69, 9.17) is 4.74 Å². The molecule has 0 aliphatic carbocycles. The fraction of sp³-hybridized carbons (Fsp3) is 0.579. The zero-order chi connectivity index (χ0) is 18.6. The molecule has 1 aliphatic rings. The van der Waals surface area contributed by atoms with Gasteiger partial charge in [-0.15, -0.1) is 0 Å². The zero-order valence-electron chi connectivity index (χ0n) is 15.4. The maximum atomic E-state index is 12.9. The molecule has 0 bridgehead atoms. The third-order valence-corrected chi connectivity index (χ3v) is 4.65. The number of likely N-dealkylation sites (tertiary alicyclic amines) is 1. The first-order chi connectivity index (χ1) is 11.7. The number of hydrogen-bond acceptors (Lipinski definition) is 3. The molecule has 0 radical (unpaired) electrons. The lowest BCUT2D eigenvalue weighted by Gasteiger charge is -2.37. The van der Waals surface area contributed by atoms with Crippen molar-refractivity contribution in [3.63, 3.8) is 0 Å². The van der Waals surface area contributed by atoms with Crippen LogP contribution < -0.4 is 0 Å². The Bertz CT molecular complexity index is 610. The molecule has 1 aliphatic heterocycles. The van der Waals surface area contributed by atoms with Gasteiger partial charge in [0.1, 0.15) is 11.6 Å². The van der Waals surface area contributed by atoms with Crippen LogP contribution in [0.2, 0.25) is 0 Å². The molecule has 25 heavy (non-hydrogen) atoms. The fourth-order valence-electron chi connectivity index (χ4n) is 2.92. The standard InChI is InChI=1S/C19H27BrN2O3/c1-19(2,3)25-18(24)22-12-6-5-7-16(22)17(23)21(4)13-14-8-10-15(20)11-9-14/h8-11,16H,5-7,12-13H2,1-4H3/t16-/m1/s1. The Hall–Kier alpha value is -1.56. The van der Waals surface area contributed by atoms with Gasteiger partial charge in [0.05, 0.1) is 0 Å². The highest BCUT2D eigenvalue weighted by molar-refractivity contribution is 9.10. The van der Waals surface area contributed by atoms with Gasteiger partial charge in [-0.25, -0.2) is 4.79 Å². The first-order valence-corrected chi connectivity index (χ1v) is 9.46. The van der Waals surface area contributed by atoms with Crippen LogP contribution >= 0.6 is 15.9 Å². The number of likely N-dealkylation sites (N-methyl/N-ethyl adjacent to an activating group) is 1. The smallest absolute Gasteiger partial charge is 0.410 e. The molecule has 138 valence electrons. The van der Waals surface area contributed by atoms with Crippen LogP contribution in [0.15, 0.2) is 28.7 Å². The van der Waals surface area contributed by atoms with Crippen LogP contribution in [-0.2, 0) is 16.1 Å². The summed E-state index contributed by atoms with van der Waals surface area (Å²) in [5.41, 5.74) is 0.490. The molecule has 2 rings (SSSR count). The second kappa shape index (κ2) is 8.21. The van der Waals surface area contributed by atoms with Crippen molar-refractivity contribution in [2.24, 2.45) is 0 Å². The van der Waals surface area contributed by atoms with Gasteiger partial charge in [0, 0.05) is 24.6 Å². The topological polar surface area (TPSA) is 49.9 Å². The van der Waals surface area contributed by atoms with Crippen LogP contribution in [-0.4, -0.2) is 47.0 Å². The second-order valence-electron chi connectivity index (χ2n) is 7.51. The lowest BCUT2D eigenvalue weighted by molar-refractivity contribution is -0.137. The van der Waals surface area contributed by atoms with Crippen LogP contribution in [0.25, 0.3) is 0 Å². The number of carbonyl (C=O) groups is 2. The van der Waals surface area contributed by atoms with E-state index >= 15 is 0 Å².